The molecule has 140 valence electrons. The number of nitrogens with one attached hydrogen (secondary N) is 2. The first kappa shape index (κ1) is 20.3. The van der Waals surface area contributed by atoms with Crippen molar-refractivity contribution < 1.29 is 13.3 Å². The second kappa shape index (κ2) is 8.61. The Morgan fingerprint density at radius 2 is 1.73 bits per heavy atom. The van der Waals surface area contributed by atoms with Gasteiger partial charge in [0.2, 0.25) is 10.0 Å². The van der Waals surface area contributed by atoms with Crippen LogP contribution < -0.4 is 10.0 Å². The van der Waals surface area contributed by atoms with Crippen LogP contribution in [0.3, 0.4) is 0 Å². The van der Waals surface area contributed by atoms with E-state index in [-0.39, 0.29) is 17.5 Å². The topological polar surface area (TPSA) is 101 Å². The molecule has 0 spiro atoms. The van der Waals surface area contributed by atoms with Crippen molar-refractivity contribution >= 4 is 37.3 Å². The van der Waals surface area contributed by atoms with Gasteiger partial charge in [0.25, 0.3) is 5.69 Å². The lowest BCUT2D eigenvalue weighted by molar-refractivity contribution is -0.384. The molecule has 0 atom stereocenters. The van der Waals surface area contributed by atoms with E-state index in [4.69, 9.17) is 0 Å². The third-order valence-corrected chi connectivity index (χ3v) is 5.47. The summed E-state index contributed by atoms with van der Waals surface area (Å²) in [6.45, 7) is 3.93. The lowest BCUT2D eigenvalue weighted by Gasteiger charge is -2.10. The number of halogens is 1. The van der Waals surface area contributed by atoms with E-state index in [1.807, 2.05) is 0 Å². The van der Waals surface area contributed by atoms with Crippen molar-refractivity contribution in [3.8, 4) is 0 Å². The lowest BCUT2D eigenvalue weighted by Crippen LogP contribution is -2.31. The Hall–Kier alpha value is -1.97. The average molecular weight is 442 g/mol. The first-order valence-corrected chi connectivity index (χ1v) is 10.4. The fourth-order valence-electron chi connectivity index (χ4n) is 2.38. The molecule has 7 nitrogen and oxygen atoms in total. The van der Waals surface area contributed by atoms with E-state index in [0.29, 0.717) is 22.3 Å². The molecule has 0 aliphatic heterocycles. The highest BCUT2D eigenvalue weighted by Crippen LogP contribution is 2.28. The molecule has 0 aromatic heterocycles. The van der Waals surface area contributed by atoms with Crippen LogP contribution in [0.25, 0.3) is 0 Å². The van der Waals surface area contributed by atoms with Crippen LogP contribution in [0, 0.1) is 10.1 Å². The second-order valence-corrected chi connectivity index (χ2v) is 8.79. The van der Waals surface area contributed by atoms with Crippen LogP contribution >= 0.6 is 15.9 Å². The van der Waals surface area contributed by atoms with Crippen LogP contribution in [0.2, 0.25) is 0 Å². The van der Waals surface area contributed by atoms with Crippen LogP contribution in [0.4, 0.5) is 11.4 Å². The minimum absolute atomic E-state index is 0.0122. The molecular formula is C17H20BrN3O4S. The van der Waals surface area contributed by atoms with Gasteiger partial charge in [-0.1, -0.05) is 40.2 Å². The molecule has 2 rings (SSSR count). The molecule has 2 aromatic rings. The molecule has 0 amide bonds. The van der Waals surface area contributed by atoms with E-state index in [2.05, 4.69) is 26.0 Å². The Labute approximate surface area is 161 Å². The molecule has 2 N–H and O–H groups in total. The molecule has 9 heteroatoms. The predicted molar refractivity (Wildman–Crippen MR) is 105 cm³/mol. The summed E-state index contributed by atoms with van der Waals surface area (Å²) in [4.78, 5) is 10.7. The van der Waals surface area contributed by atoms with Crippen molar-refractivity contribution in [3.05, 3.63) is 68.2 Å². The van der Waals surface area contributed by atoms with Gasteiger partial charge in [-0.15, -0.1) is 0 Å². The van der Waals surface area contributed by atoms with Crippen molar-refractivity contribution in [2.75, 3.05) is 5.32 Å². The van der Waals surface area contributed by atoms with E-state index in [1.165, 1.54) is 6.07 Å². The zero-order valence-corrected chi connectivity index (χ0v) is 16.8. The highest BCUT2D eigenvalue weighted by Gasteiger charge is 2.14. The molecular weight excluding hydrogens is 422 g/mol. The number of nitro groups is 1. The number of hydrogen-bond donors (Lipinski definition) is 2. The van der Waals surface area contributed by atoms with E-state index < -0.39 is 14.9 Å². The molecule has 0 aliphatic carbocycles. The highest BCUT2D eigenvalue weighted by molar-refractivity contribution is 9.10. The first-order valence-electron chi connectivity index (χ1n) is 7.92. The van der Waals surface area contributed by atoms with Crippen LogP contribution in [-0.4, -0.2) is 19.4 Å². The summed E-state index contributed by atoms with van der Waals surface area (Å²) < 4.78 is 27.1. The Bertz CT molecular complexity index is 883. The van der Waals surface area contributed by atoms with E-state index in [0.717, 1.165) is 5.56 Å². The van der Waals surface area contributed by atoms with Gasteiger partial charge in [-0.2, -0.15) is 0 Å². The summed E-state index contributed by atoms with van der Waals surface area (Å²) in [5, 5.41) is 14.2. The van der Waals surface area contributed by atoms with Crippen molar-refractivity contribution in [3.63, 3.8) is 0 Å². The highest BCUT2D eigenvalue weighted by atomic mass is 79.9. The molecule has 26 heavy (non-hydrogen) atoms. The van der Waals surface area contributed by atoms with E-state index >= 15 is 0 Å². The minimum Gasteiger partial charge on any atom is -0.375 e. The summed E-state index contributed by atoms with van der Waals surface area (Å²) in [7, 11) is -3.37. The number of nitrogens with zero attached hydrogens (tertiary/aromatic N) is 1. The fraction of sp³-hybridized carbons (Fsp3) is 0.294. The normalized spacial score (nSPS) is 11.5. The van der Waals surface area contributed by atoms with Crippen LogP contribution in [0.15, 0.2) is 46.9 Å². The Kier molecular flexibility index (Phi) is 6.74. The zero-order valence-electron chi connectivity index (χ0n) is 14.4. The summed E-state index contributed by atoms with van der Waals surface area (Å²) in [6.07, 6.45) is 0. The number of benzene rings is 2. The van der Waals surface area contributed by atoms with Gasteiger partial charge in [0.15, 0.2) is 0 Å². The summed E-state index contributed by atoms with van der Waals surface area (Å²) in [5.74, 6) is -0.0862. The van der Waals surface area contributed by atoms with E-state index in [1.54, 1.807) is 50.2 Å². The summed E-state index contributed by atoms with van der Waals surface area (Å²) in [5.41, 5.74) is 1.98. The maximum atomic E-state index is 11.9. The Morgan fingerprint density at radius 1 is 1.12 bits per heavy atom. The number of anilines is 1. The third-order valence-electron chi connectivity index (χ3n) is 3.43. The molecule has 0 radical (unpaired) electrons. The summed E-state index contributed by atoms with van der Waals surface area (Å²) in [6, 6.07) is 11.8. The van der Waals surface area contributed by atoms with E-state index in [9.17, 15) is 18.5 Å². The molecule has 0 aliphatic rings. The third kappa shape index (κ3) is 6.08. The van der Waals surface area contributed by atoms with Gasteiger partial charge in [-0.25, -0.2) is 13.1 Å². The number of nitro benzene ring substituents is 1. The number of hydrogen-bond acceptors (Lipinski definition) is 5. The number of sulfonamides is 1. The second-order valence-electron chi connectivity index (χ2n) is 6.12. The van der Waals surface area contributed by atoms with Crippen LogP contribution in [0.5, 0.6) is 0 Å². The molecule has 0 saturated heterocycles. The molecule has 0 heterocycles. The number of rotatable bonds is 8. The van der Waals surface area contributed by atoms with Gasteiger partial charge < -0.3 is 5.32 Å². The van der Waals surface area contributed by atoms with Gasteiger partial charge in [0, 0.05) is 23.1 Å². The monoisotopic (exact) mass is 441 g/mol. The Morgan fingerprint density at radius 3 is 2.31 bits per heavy atom. The average Bonchev–Trinajstić information content (AvgIpc) is 2.53. The van der Waals surface area contributed by atoms with Gasteiger partial charge in [0.1, 0.15) is 5.69 Å². The molecule has 0 unspecified atom stereocenters. The largest absolute Gasteiger partial charge is 0.375 e. The van der Waals surface area contributed by atoms with Crippen molar-refractivity contribution in [1.29, 1.82) is 0 Å². The smallest absolute Gasteiger partial charge is 0.293 e. The maximum Gasteiger partial charge on any atom is 0.293 e. The lowest BCUT2D eigenvalue weighted by atomic mass is 10.1. The Balaban J connectivity index is 2.03. The first-order chi connectivity index (χ1) is 12.2. The van der Waals surface area contributed by atoms with Crippen LogP contribution in [0.1, 0.15) is 25.0 Å². The van der Waals surface area contributed by atoms with Crippen molar-refractivity contribution in [2.45, 2.75) is 32.2 Å². The van der Waals surface area contributed by atoms with Gasteiger partial charge in [-0.3, -0.25) is 10.1 Å². The molecule has 0 bridgehead atoms. The fourth-order valence-corrected chi connectivity index (χ4v) is 4.16. The SMILES string of the molecule is CC(C)NS(=O)(=O)Cc1ccc(CNc2ccc(Br)cc2[N+](=O)[O-])cc1. The van der Waals surface area contributed by atoms with Crippen molar-refractivity contribution in [2.24, 2.45) is 0 Å². The van der Waals surface area contributed by atoms with Gasteiger partial charge in [-0.05, 0) is 37.1 Å². The predicted octanol–water partition coefficient (Wildman–Crippen LogP) is 3.80. The molecule has 2 aromatic carbocycles. The zero-order chi connectivity index (χ0) is 19.3. The summed E-state index contributed by atoms with van der Waals surface area (Å²) >= 11 is 3.22. The van der Waals surface area contributed by atoms with Crippen molar-refractivity contribution in [1.82, 2.24) is 4.72 Å². The molecule has 0 saturated carbocycles. The van der Waals surface area contributed by atoms with Gasteiger partial charge >= 0.3 is 0 Å². The quantitative estimate of drug-likeness (QED) is 0.479. The molecule has 0 fully saturated rings. The van der Waals surface area contributed by atoms with Gasteiger partial charge in [0.05, 0.1) is 10.7 Å². The minimum atomic E-state index is -3.37. The maximum absolute atomic E-state index is 11.9. The van der Waals surface area contributed by atoms with Crippen LogP contribution in [-0.2, 0) is 22.3 Å². The standard InChI is InChI=1S/C17H20BrN3O4S/c1-12(2)20-26(24,25)11-14-5-3-13(4-6-14)10-19-16-8-7-15(18)9-17(16)21(22)23/h3-9,12,19-20H,10-11H2,1-2H3.